The van der Waals surface area contributed by atoms with Crippen LogP contribution >= 0.6 is 11.6 Å². The van der Waals surface area contributed by atoms with Crippen LogP contribution in [0.3, 0.4) is 0 Å². The molecule has 0 saturated carbocycles. The zero-order valence-corrected chi connectivity index (χ0v) is 13.9. The number of benzene rings is 1. The van der Waals surface area contributed by atoms with Gasteiger partial charge < -0.3 is 10.2 Å². The minimum absolute atomic E-state index is 0.0530. The number of hydrogen-bond donors (Lipinski definition) is 1. The lowest BCUT2D eigenvalue weighted by atomic mass is 9.96. The standard InChI is InChI=1S/C17H25ClN2O/c1-12(2)20(11-14-7-9-19-10-8-14)17(21)15-6-4-5-13(3)16(15)18/h4-6,12,14,19H,7-11H2,1-3H3. The van der Waals surface area contributed by atoms with Crippen LogP contribution in [0.5, 0.6) is 0 Å². The molecule has 2 rings (SSSR count). The van der Waals surface area contributed by atoms with Crippen LogP contribution in [0.15, 0.2) is 18.2 Å². The number of carbonyl (C=O) groups is 1. The third-order valence-electron chi connectivity index (χ3n) is 4.22. The van der Waals surface area contributed by atoms with Gasteiger partial charge in [-0.05, 0) is 64.3 Å². The number of piperidine rings is 1. The molecule has 0 bridgehead atoms. The summed E-state index contributed by atoms with van der Waals surface area (Å²) in [5, 5.41) is 3.95. The maximum atomic E-state index is 12.9. The smallest absolute Gasteiger partial charge is 0.255 e. The Morgan fingerprint density at radius 1 is 1.38 bits per heavy atom. The highest BCUT2D eigenvalue weighted by atomic mass is 35.5. The third kappa shape index (κ3) is 3.98. The van der Waals surface area contributed by atoms with Crippen molar-refractivity contribution in [2.75, 3.05) is 19.6 Å². The topological polar surface area (TPSA) is 32.3 Å². The second-order valence-corrected chi connectivity index (χ2v) is 6.56. The predicted octanol–water partition coefficient (Wildman–Crippen LogP) is 3.50. The lowest BCUT2D eigenvalue weighted by Gasteiger charge is -2.33. The van der Waals surface area contributed by atoms with Crippen LogP contribution in [0.25, 0.3) is 0 Å². The largest absolute Gasteiger partial charge is 0.336 e. The first-order valence-corrected chi connectivity index (χ1v) is 8.15. The Hall–Kier alpha value is -1.06. The van der Waals surface area contributed by atoms with Crippen LogP contribution in [0.1, 0.15) is 42.6 Å². The van der Waals surface area contributed by atoms with Crippen molar-refractivity contribution in [2.45, 2.75) is 39.7 Å². The minimum atomic E-state index is 0.0530. The van der Waals surface area contributed by atoms with Crippen LogP contribution in [0, 0.1) is 12.8 Å². The first-order chi connectivity index (χ1) is 10.0. The molecule has 1 heterocycles. The zero-order valence-electron chi connectivity index (χ0n) is 13.2. The van der Waals surface area contributed by atoms with Crippen molar-refractivity contribution in [1.29, 1.82) is 0 Å². The quantitative estimate of drug-likeness (QED) is 0.923. The van der Waals surface area contributed by atoms with Crippen molar-refractivity contribution >= 4 is 17.5 Å². The van der Waals surface area contributed by atoms with E-state index in [4.69, 9.17) is 11.6 Å². The van der Waals surface area contributed by atoms with Crippen LogP contribution < -0.4 is 5.32 Å². The van der Waals surface area contributed by atoms with Gasteiger partial charge in [0.25, 0.3) is 5.91 Å². The van der Waals surface area contributed by atoms with Gasteiger partial charge in [0.15, 0.2) is 0 Å². The van der Waals surface area contributed by atoms with Crippen LogP contribution in [-0.4, -0.2) is 36.5 Å². The summed E-state index contributed by atoms with van der Waals surface area (Å²) < 4.78 is 0. The monoisotopic (exact) mass is 308 g/mol. The Morgan fingerprint density at radius 3 is 2.67 bits per heavy atom. The van der Waals surface area contributed by atoms with E-state index in [0.29, 0.717) is 16.5 Å². The highest BCUT2D eigenvalue weighted by molar-refractivity contribution is 6.34. The van der Waals surface area contributed by atoms with E-state index in [9.17, 15) is 4.79 Å². The fourth-order valence-electron chi connectivity index (χ4n) is 2.84. The molecular weight excluding hydrogens is 284 g/mol. The van der Waals surface area contributed by atoms with Crippen molar-refractivity contribution in [3.8, 4) is 0 Å². The van der Waals surface area contributed by atoms with Gasteiger partial charge in [0.1, 0.15) is 0 Å². The molecular formula is C17H25ClN2O. The fraction of sp³-hybridized carbons (Fsp3) is 0.588. The number of aryl methyl sites for hydroxylation is 1. The second kappa shape index (κ2) is 7.28. The first kappa shape index (κ1) is 16.3. The molecule has 1 aliphatic rings. The number of nitrogens with zero attached hydrogens (tertiary/aromatic N) is 1. The molecule has 1 saturated heterocycles. The Kier molecular flexibility index (Phi) is 5.65. The van der Waals surface area contributed by atoms with Gasteiger partial charge in [0.2, 0.25) is 0 Å². The molecule has 0 unspecified atom stereocenters. The molecule has 1 amide bonds. The summed E-state index contributed by atoms with van der Waals surface area (Å²) in [5.41, 5.74) is 1.58. The molecule has 0 atom stereocenters. The zero-order chi connectivity index (χ0) is 15.4. The fourth-order valence-corrected chi connectivity index (χ4v) is 3.04. The lowest BCUT2D eigenvalue weighted by molar-refractivity contribution is 0.0658. The Labute approximate surface area is 132 Å². The Balaban J connectivity index is 2.17. The van der Waals surface area contributed by atoms with Gasteiger partial charge in [-0.2, -0.15) is 0 Å². The van der Waals surface area contributed by atoms with Crippen LogP contribution in [0.4, 0.5) is 0 Å². The summed E-state index contributed by atoms with van der Waals surface area (Å²) in [4.78, 5) is 14.8. The molecule has 0 aliphatic carbocycles. The van der Waals surface area contributed by atoms with E-state index in [1.165, 1.54) is 0 Å². The Morgan fingerprint density at radius 2 is 2.05 bits per heavy atom. The SMILES string of the molecule is Cc1cccc(C(=O)N(CC2CCNCC2)C(C)C)c1Cl. The van der Waals surface area contributed by atoms with Gasteiger partial charge in [-0.1, -0.05) is 23.7 Å². The lowest BCUT2D eigenvalue weighted by Crippen LogP contribution is -2.43. The molecule has 1 N–H and O–H groups in total. The second-order valence-electron chi connectivity index (χ2n) is 6.18. The molecule has 1 aromatic carbocycles. The van der Waals surface area contributed by atoms with Gasteiger partial charge in [-0.15, -0.1) is 0 Å². The van der Waals surface area contributed by atoms with E-state index >= 15 is 0 Å². The summed E-state index contributed by atoms with van der Waals surface area (Å²) in [6, 6.07) is 5.85. The van der Waals surface area contributed by atoms with Crippen molar-refractivity contribution in [3.63, 3.8) is 0 Å². The van der Waals surface area contributed by atoms with E-state index in [-0.39, 0.29) is 11.9 Å². The van der Waals surface area contributed by atoms with Crippen molar-refractivity contribution < 1.29 is 4.79 Å². The number of rotatable bonds is 4. The molecule has 116 valence electrons. The summed E-state index contributed by atoms with van der Waals surface area (Å²) in [6.45, 7) is 9.01. The molecule has 0 spiro atoms. The molecule has 4 heteroatoms. The molecule has 0 aromatic heterocycles. The summed E-state index contributed by atoms with van der Waals surface area (Å²) in [7, 11) is 0. The van der Waals surface area contributed by atoms with Crippen molar-refractivity contribution in [3.05, 3.63) is 34.3 Å². The number of amides is 1. The number of carbonyl (C=O) groups excluding carboxylic acids is 1. The summed E-state index contributed by atoms with van der Waals surface area (Å²) in [5.74, 6) is 0.637. The van der Waals surface area contributed by atoms with E-state index in [0.717, 1.165) is 38.0 Å². The first-order valence-electron chi connectivity index (χ1n) is 7.77. The normalized spacial score (nSPS) is 16.2. The maximum absolute atomic E-state index is 12.9. The number of halogens is 1. The number of hydrogen-bond acceptors (Lipinski definition) is 2. The van der Waals surface area contributed by atoms with E-state index in [1.807, 2.05) is 30.0 Å². The highest BCUT2D eigenvalue weighted by Crippen LogP contribution is 2.24. The third-order valence-corrected chi connectivity index (χ3v) is 4.72. The van der Waals surface area contributed by atoms with E-state index in [1.54, 1.807) is 0 Å². The number of nitrogens with one attached hydrogen (secondary N) is 1. The van der Waals surface area contributed by atoms with E-state index in [2.05, 4.69) is 19.2 Å². The molecule has 0 radical (unpaired) electrons. The van der Waals surface area contributed by atoms with Gasteiger partial charge in [0.05, 0.1) is 10.6 Å². The van der Waals surface area contributed by atoms with Gasteiger partial charge in [0, 0.05) is 12.6 Å². The molecule has 3 nitrogen and oxygen atoms in total. The average molecular weight is 309 g/mol. The van der Waals surface area contributed by atoms with Gasteiger partial charge in [-0.3, -0.25) is 4.79 Å². The highest BCUT2D eigenvalue weighted by Gasteiger charge is 2.25. The summed E-state index contributed by atoms with van der Waals surface area (Å²) >= 11 is 6.32. The average Bonchev–Trinajstić information content (AvgIpc) is 2.48. The van der Waals surface area contributed by atoms with Crippen molar-refractivity contribution in [2.24, 2.45) is 5.92 Å². The van der Waals surface area contributed by atoms with Crippen LogP contribution in [0.2, 0.25) is 5.02 Å². The van der Waals surface area contributed by atoms with Gasteiger partial charge in [-0.25, -0.2) is 0 Å². The van der Waals surface area contributed by atoms with Crippen LogP contribution in [-0.2, 0) is 0 Å². The molecule has 1 fully saturated rings. The summed E-state index contributed by atoms with van der Waals surface area (Å²) in [6.07, 6.45) is 2.27. The maximum Gasteiger partial charge on any atom is 0.255 e. The minimum Gasteiger partial charge on any atom is -0.336 e. The Bertz CT molecular complexity index is 496. The van der Waals surface area contributed by atoms with E-state index < -0.39 is 0 Å². The van der Waals surface area contributed by atoms with Crippen molar-refractivity contribution in [1.82, 2.24) is 10.2 Å². The molecule has 1 aliphatic heterocycles. The molecule has 21 heavy (non-hydrogen) atoms. The molecule has 1 aromatic rings. The van der Waals surface area contributed by atoms with Gasteiger partial charge >= 0.3 is 0 Å². The predicted molar refractivity (Wildman–Crippen MR) is 88.0 cm³/mol.